The molecule has 2 aromatic rings. The quantitative estimate of drug-likeness (QED) is 0.543. The first-order valence-electron chi connectivity index (χ1n) is 8.06. The summed E-state index contributed by atoms with van der Waals surface area (Å²) in [7, 11) is 0. The number of Topliss-reactive ketones (excluding diaryl/α,β-unsaturated/α-hetero) is 1. The van der Waals surface area contributed by atoms with Crippen molar-refractivity contribution in [2.75, 3.05) is 37.6 Å². The zero-order valence-corrected chi connectivity index (χ0v) is 15.3. The van der Waals surface area contributed by atoms with E-state index in [2.05, 4.69) is 4.90 Å². The van der Waals surface area contributed by atoms with Crippen molar-refractivity contribution in [1.82, 2.24) is 4.90 Å². The lowest BCUT2D eigenvalue weighted by Gasteiger charge is -2.36. The topological polar surface area (TPSA) is 84.2 Å². The summed E-state index contributed by atoms with van der Waals surface area (Å²) in [5.41, 5.74) is 1.02. The van der Waals surface area contributed by atoms with Crippen LogP contribution in [0.1, 0.15) is 10.4 Å². The Balaban J connectivity index is 1.62. The summed E-state index contributed by atoms with van der Waals surface area (Å²) >= 11 is 12.3. The summed E-state index contributed by atoms with van der Waals surface area (Å²) in [5, 5.41) is 29.5. The maximum atomic E-state index is 12.4. The number of anilines is 1. The minimum Gasteiger partial charge on any atom is -0.504 e. The number of halogens is 2. The highest BCUT2D eigenvalue weighted by atomic mass is 35.5. The van der Waals surface area contributed by atoms with Crippen LogP contribution in [0, 0.1) is 0 Å². The molecule has 1 heterocycles. The molecule has 26 heavy (non-hydrogen) atoms. The fraction of sp³-hybridized carbons (Fsp3) is 0.278. The molecule has 0 unspecified atom stereocenters. The van der Waals surface area contributed by atoms with E-state index < -0.39 is 17.2 Å². The molecule has 1 aliphatic rings. The standard InChI is InChI=1S/C18H18Cl2N2O4/c19-12-2-1-3-13(17(12)20)22-6-4-21(5-7-22)10-16(25)11-8-14(23)18(26)15(24)9-11/h1-3,8-9,23-24,26H,4-7,10H2. The number of ketones is 1. The zero-order valence-electron chi connectivity index (χ0n) is 13.8. The lowest BCUT2D eigenvalue weighted by Crippen LogP contribution is -2.48. The second kappa shape index (κ2) is 7.61. The molecule has 0 amide bonds. The molecule has 8 heteroatoms. The Morgan fingerprint density at radius 1 is 1.00 bits per heavy atom. The summed E-state index contributed by atoms with van der Waals surface area (Å²) in [6.07, 6.45) is 0. The van der Waals surface area contributed by atoms with E-state index in [0.29, 0.717) is 36.2 Å². The van der Waals surface area contributed by atoms with Gasteiger partial charge >= 0.3 is 0 Å². The highest BCUT2D eigenvalue weighted by Crippen LogP contribution is 2.36. The average Bonchev–Trinajstić information content (AvgIpc) is 2.62. The number of carbonyl (C=O) groups is 1. The summed E-state index contributed by atoms with van der Waals surface area (Å²) in [6, 6.07) is 7.81. The highest BCUT2D eigenvalue weighted by molar-refractivity contribution is 6.43. The number of phenols is 3. The number of carbonyl (C=O) groups excluding carboxylic acids is 1. The van der Waals surface area contributed by atoms with E-state index in [1.165, 1.54) is 0 Å². The van der Waals surface area contributed by atoms with Gasteiger partial charge in [-0.1, -0.05) is 29.3 Å². The first-order valence-corrected chi connectivity index (χ1v) is 8.82. The predicted octanol–water partition coefficient (Wildman–Crippen LogP) is 3.12. The van der Waals surface area contributed by atoms with Gasteiger partial charge in [0.2, 0.25) is 0 Å². The maximum Gasteiger partial charge on any atom is 0.200 e. The van der Waals surface area contributed by atoms with Crippen LogP contribution in [0.5, 0.6) is 17.2 Å². The van der Waals surface area contributed by atoms with Crippen LogP contribution in [0.4, 0.5) is 5.69 Å². The van der Waals surface area contributed by atoms with Crippen LogP contribution in [-0.4, -0.2) is 58.7 Å². The molecule has 138 valence electrons. The molecular formula is C18H18Cl2N2O4. The summed E-state index contributed by atoms with van der Waals surface area (Å²) < 4.78 is 0. The molecule has 1 aliphatic heterocycles. The van der Waals surface area contributed by atoms with Crippen molar-refractivity contribution in [3.05, 3.63) is 45.9 Å². The average molecular weight is 397 g/mol. The molecule has 3 N–H and O–H groups in total. The Morgan fingerprint density at radius 2 is 1.62 bits per heavy atom. The van der Waals surface area contributed by atoms with Gasteiger partial charge < -0.3 is 20.2 Å². The van der Waals surface area contributed by atoms with E-state index in [9.17, 15) is 20.1 Å². The van der Waals surface area contributed by atoms with Crippen molar-refractivity contribution in [2.45, 2.75) is 0 Å². The molecule has 0 spiro atoms. The van der Waals surface area contributed by atoms with E-state index >= 15 is 0 Å². The summed E-state index contributed by atoms with van der Waals surface area (Å²) in [6.45, 7) is 2.86. The largest absolute Gasteiger partial charge is 0.504 e. The molecule has 0 atom stereocenters. The van der Waals surface area contributed by atoms with E-state index in [1.807, 2.05) is 17.0 Å². The van der Waals surface area contributed by atoms with E-state index in [-0.39, 0.29) is 17.9 Å². The van der Waals surface area contributed by atoms with Crippen molar-refractivity contribution in [2.24, 2.45) is 0 Å². The fourth-order valence-electron chi connectivity index (χ4n) is 2.94. The Bertz CT molecular complexity index is 813. The molecular weight excluding hydrogens is 379 g/mol. The van der Waals surface area contributed by atoms with Gasteiger partial charge in [-0.05, 0) is 24.3 Å². The van der Waals surface area contributed by atoms with E-state index in [4.69, 9.17) is 23.2 Å². The first-order chi connectivity index (χ1) is 12.4. The van der Waals surface area contributed by atoms with Crippen LogP contribution in [0.3, 0.4) is 0 Å². The van der Waals surface area contributed by atoms with Crippen LogP contribution in [0.25, 0.3) is 0 Å². The number of phenolic OH excluding ortho intramolecular Hbond substituents is 3. The second-order valence-corrected chi connectivity index (χ2v) is 6.91. The molecule has 0 radical (unpaired) electrons. The predicted molar refractivity (Wildman–Crippen MR) is 101 cm³/mol. The van der Waals surface area contributed by atoms with Crippen molar-refractivity contribution < 1.29 is 20.1 Å². The zero-order chi connectivity index (χ0) is 18.8. The third-order valence-corrected chi connectivity index (χ3v) is 5.21. The molecule has 0 aliphatic carbocycles. The van der Waals surface area contributed by atoms with Crippen LogP contribution in [0.15, 0.2) is 30.3 Å². The molecule has 2 aromatic carbocycles. The third kappa shape index (κ3) is 3.82. The normalized spacial score (nSPS) is 15.2. The maximum absolute atomic E-state index is 12.4. The van der Waals surface area contributed by atoms with Crippen molar-refractivity contribution in [3.8, 4) is 17.2 Å². The van der Waals surface area contributed by atoms with Gasteiger partial charge in [-0.25, -0.2) is 0 Å². The smallest absolute Gasteiger partial charge is 0.200 e. The van der Waals surface area contributed by atoms with Crippen molar-refractivity contribution in [1.29, 1.82) is 0 Å². The number of hydrogen-bond acceptors (Lipinski definition) is 6. The van der Waals surface area contributed by atoms with Gasteiger partial charge in [-0.15, -0.1) is 0 Å². The summed E-state index contributed by atoms with van der Waals surface area (Å²) in [5.74, 6) is -1.92. The number of nitrogens with zero attached hydrogens (tertiary/aromatic N) is 2. The fourth-order valence-corrected chi connectivity index (χ4v) is 3.36. The Labute approximate surface area is 160 Å². The van der Waals surface area contributed by atoms with Gasteiger partial charge in [-0.2, -0.15) is 0 Å². The van der Waals surface area contributed by atoms with Crippen molar-refractivity contribution in [3.63, 3.8) is 0 Å². The molecule has 6 nitrogen and oxygen atoms in total. The Hall–Kier alpha value is -2.15. The monoisotopic (exact) mass is 396 g/mol. The molecule has 3 rings (SSSR count). The molecule has 1 fully saturated rings. The highest BCUT2D eigenvalue weighted by Gasteiger charge is 2.22. The van der Waals surface area contributed by atoms with Gasteiger partial charge in [0.25, 0.3) is 0 Å². The van der Waals surface area contributed by atoms with Crippen molar-refractivity contribution >= 4 is 34.7 Å². The number of piperazine rings is 1. The Kier molecular flexibility index (Phi) is 5.46. The van der Waals surface area contributed by atoms with Gasteiger partial charge in [0.05, 0.1) is 22.3 Å². The van der Waals surface area contributed by atoms with E-state index in [0.717, 1.165) is 17.8 Å². The van der Waals surface area contributed by atoms with Crippen LogP contribution in [-0.2, 0) is 0 Å². The van der Waals surface area contributed by atoms with E-state index in [1.54, 1.807) is 6.07 Å². The number of hydrogen-bond donors (Lipinski definition) is 3. The number of aromatic hydroxyl groups is 3. The van der Waals surface area contributed by atoms with Crippen LogP contribution in [0.2, 0.25) is 10.0 Å². The SMILES string of the molecule is O=C(CN1CCN(c2cccc(Cl)c2Cl)CC1)c1cc(O)c(O)c(O)c1. The molecule has 0 bridgehead atoms. The van der Waals surface area contributed by atoms with Crippen LogP contribution < -0.4 is 4.90 Å². The van der Waals surface area contributed by atoms with Gasteiger partial charge in [0.15, 0.2) is 23.0 Å². The first kappa shape index (κ1) is 18.6. The summed E-state index contributed by atoms with van der Waals surface area (Å²) in [4.78, 5) is 16.5. The lowest BCUT2D eigenvalue weighted by atomic mass is 10.1. The lowest BCUT2D eigenvalue weighted by molar-refractivity contribution is 0.0925. The number of benzene rings is 2. The Morgan fingerprint density at radius 3 is 2.23 bits per heavy atom. The minimum atomic E-state index is -0.631. The van der Waals surface area contributed by atoms with Gasteiger partial charge in [0, 0.05) is 31.7 Å². The minimum absolute atomic E-state index is 0.151. The molecule has 0 saturated carbocycles. The van der Waals surface area contributed by atoms with Crippen LogP contribution >= 0.6 is 23.2 Å². The van der Waals surface area contributed by atoms with Gasteiger partial charge in [0.1, 0.15) is 0 Å². The molecule has 1 saturated heterocycles. The second-order valence-electron chi connectivity index (χ2n) is 6.12. The molecule has 0 aromatic heterocycles. The van der Waals surface area contributed by atoms with Gasteiger partial charge in [-0.3, -0.25) is 9.69 Å². The number of rotatable bonds is 4. The third-order valence-electron chi connectivity index (χ3n) is 4.40.